The summed E-state index contributed by atoms with van der Waals surface area (Å²) in [5.74, 6) is -0.853. The van der Waals surface area contributed by atoms with Gasteiger partial charge in [0.05, 0.1) is 12.7 Å². The molecule has 0 saturated heterocycles. The van der Waals surface area contributed by atoms with E-state index < -0.39 is 11.9 Å². The summed E-state index contributed by atoms with van der Waals surface area (Å²) in [5, 5.41) is 0. The van der Waals surface area contributed by atoms with Crippen LogP contribution in [0, 0.1) is 0 Å². The number of hydrogen-bond acceptors (Lipinski definition) is 4. The maximum Gasteiger partial charge on any atom is 0.338 e. The first-order valence-electron chi connectivity index (χ1n) is 6.76. The van der Waals surface area contributed by atoms with Crippen molar-refractivity contribution in [3.63, 3.8) is 0 Å². The van der Waals surface area contributed by atoms with Gasteiger partial charge in [-0.25, -0.2) is 9.59 Å². The van der Waals surface area contributed by atoms with Gasteiger partial charge in [0, 0.05) is 6.08 Å². The summed E-state index contributed by atoms with van der Waals surface area (Å²) < 4.78 is 9.78. The van der Waals surface area contributed by atoms with Gasteiger partial charge in [-0.1, -0.05) is 42.5 Å². The Balaban J connectivity index is 2.01. The lowest BCUT2D eigenvalue weighted by Crippen LogP contribution is -2.05. The van der Waals surface area contributed by atoms with Gasteiger partial charge >= 0.3 is 11.9 Å². The van der Waals surface area contributed by atoms with Crippen molar-refractivity contribution in [2.24, 2.45) is 0 Å². The summed E-state index contributed by atoms with van der Waals surface area (Å²) >= 11 is 0. The van der Waals surface area contributed by atoms with Crippen LogP contribution in [0.2, 0.25) is 0 Å². The third-order valence-corrected chi connectivity index (χ3v) is 2.95. The van der Waals surface area contributed by atoms with Crippen molar-refractivity contribution in [2.75, 3.05) is 7.11 Å². The zero-order valence-electron chi connectivity index (χ0n) is 12.2. The van der Waals surface area contributed by atoms with Gasteiger partial charge in [-0.05, 0) is 29.3 Å². The van der Waals surface area contributed by atoms with Crippen LogP contribution in [0.1, 0.15) is 21.5 Å². The number of rotatable bonds is 5. The minimum absolute atomic E-state index is 0.224. The average Bonchev–Trinajstić information content (AvgIpc) is 2.58. The molecule has 2 aromatic carbocycles. The molecule has 112 valence electrons. The smallest absolute Gasteiger partial charge is 0.338 e. The summed E-state index contributed by atoms with van der Waals surface area (Å²) in [4.78, 5) is 23.1. The van der Waals surface area contributed by atoms with E-state index in [0.717, 1.165) is 11.1 Å². The molecule has 4 heteroatoms. The molecule has 0 spiro atoms. The fraction of sp³-hybridized carbons (Fsp3) is 0.111. The highest BCUT2D eigenvalue weighted by Crippen LogP contribution is 2.10. The van der Waals surface area contributed by atoms with Crippen molar-refractivity contribution in [2.45, 2.75) is 6.61 Å². The van der Waals surface area contributed by atoms with Crippen LogP contribution in [-0.4, -0.2) is 19.0 Å². The zero-order chi connectivity index (χ0) is 15.8. The van der Waals surface area contributed by atoms with Gasteiger partial charge in [0.25, 0.3) is 0 Å². The fourth-order valence-corrected chi connectivity index (χ4v) is 1.81. The van der Waals surface area contributed by atoms with Gasteiger partial charge in [-0.2, -0.15) is 0 Å². The molecule has 0 aliphatic heterocycles. The normalized spacial score (nSPS) is 10.4. The quantitative estimate of drug-likeness (QED) is 0.628. The highest BCUT2D eigenvalue weighted by atomic mass is 16.5. The predicted molar refractivity (Wildman–Crippen MR) is 83.1 cm³/mol. The third-order valence-electron chi connectivity index (χ3n) is 2.95. The number of methoxy groups -OCH3 is 1. The summed E-state index contributed by atoms with van der Waals surface area (Å²) in [6.07, 6.45) is 2.88. The van der Waals surface area contributed by atoms with Crippen LogP contribution >= 0.6 is 0 Å². The number of esters is 2. The molecule has 22 heavy (non-hydrogen) atoms. The monoisotopic (exact) mass is 296 g/mol. The third kappa shape index (κ3) is 4.59. The molecule has 2 aromatic rings. The molecule has 0 amide bonds. The highest BCUT2D eigenvalue weighted by Gasteiger charge is 2.07. The Morgan fingerprint density at radius 3 is 2.55 bits per heavy atom. The van der Waals surface area contributed by atoms with Crippen molar-refractivity contribution >= 4 is 18.0 Å². The first-order valence-corrected chi connectivity index (χ1v) is 6.76. The number of carbonyl (C=O) groups excluding carboxylic acids is 2. The van der Waals surface area contributed by atoms with E-state index in [-0.39, 0.29) is 6.61 Å². The molecule has 4 nitrogen and oxygen atoms in total. The first kappa shape index (κ1) is 15.5. The summed E-state index contributed by atoms with van der Waals surface area (Å²) in [6.45, 7) is 0.224. The molecule has 0 bridgehead atoms. The lowest BCUT2D eigenvalue weighted by molar-refractivity contribution is -0.134. The summed E-state index contributed by atoms with van der Waals surface area (Å²) in [5.41, 5.74) is 2.08. The van der Waals surface area contributed by atoms with Gasteiger partial charge in [-0.3, -0.25) is 0 Å². The van der Waals surface area contributed by atoms with Gasteiger partial charge in [0.15, 0.2) is 0 Å². The highest BCUT2D eigenvalue weighted by molar-refractivity contribution is 5.91. The predicted octanol–water partition coefficient (Wildman–Crippen LogP) is 3.23. The van der Waals surface area contributed by atoms with Crippen molar-refractivity contribution in [3.8, 4) is 0 Å². The molecule has 0 fully saturated rings. The summed E-state index contributed by atoms with van der Waals surface area (Å²) in [6, 6.07) is 16.3. The Hall–Kier alpha value is -2.88. The second-order valence-corrected chi connectivity index (χ2v) is 4.54. The van der Waals surface area contributed by atoms with E-state index >= 15 is 0 Å². The van der Waals surface area contributed by atoms with Crippen molar-refractivity contribution in [1.82, 2.24) is 0 Å². The van der Waals surface area contributed by atoms with Crippen molar-refractivity contribution in [1.29, 1.82) is 0 Å². The molecule has 0 unspecified atom stereocenters. The molecule has 0 heterocycles. The van der Waals surface area contributed by atoms with Crippen LogP contribution in [0.15, 0.2) is 60.7 Å². The van der Waals surface area contributed by atoms with E-state index in [9.17, 15) is 9.59 Å². The lowest BCUT2D eigenvalue weighted by atomic mass is 10.1. The number of benzene rings is 2. The SMILES string of the molecule is COC(=O)/C=C/c1cccc(C(=O)OCc2ccccc2)c1. The van der Waals surface area contributed by atoms with Crippen LogP contribution in [-0.2, 0) is 20.9 Å². The van der Waals surface area contributed by atoms with Crippen LogP contribution < -0.4 is 0 Å². The van der Waals surface area contributed by atoms with Crippen LogP contribution in [0.3, 0.4) is 0 Å². The largest absolute Gasteiger partial charge is 0.466 e. The standard InChI is InChI=1S/C18H16O4/c1-21-17(19)11-10-14-8-5-9-16(12-14)18(20)22-13-15-6-3-2-4-7-15/h2-12H,13H2,1H3/b11-10+. The molecule has 0 saturated carbocycles. The van der Waals surface area contributed by atoms with Crippen molar-refractivity contribution in [3.05, 3.63) is 77.4 Å². The Morgan fingerprint density at radius 2 is 1.82 bits per heavy atom. The van der Waals surface area contributed by atoms with Gasteiger partial charge < -0.3 is 9.47 Å². The number of ether oxygens (including phenoxy) is 2. The molecule has 0 aliphatic carbocycles. The van der Waals surface area contributed by atoms with E-state index in [0.29, 0.717) is 5.56 Å². The zero-order valence-corrected chi connectivity index (χ0v) is 12.2. The Bertz CT molecular complexity index is 674. The lowest BCUT2D eigenvalue weighted by Gasteiger charge is -2.05. The molecule has 0 aliphatic rings. The first-order chi connectivity index (χ1) is 10.7. The van der Waals surface area contributed by atoms with Crippen LogP contribution in [0.4, 0.5) is 0 Å². The molecule has 0 radical (unpaired) electrons. The molecular formula is C18H16O4. The Kier molecular flexibility index (Phi) is 5.49. The van der Waals surface area contributed by atoms with E-state index in [2.05, 4.69) is 4.74 Å². The van der Waals surface area contributed by atoms with E-state index in [1.165, 1.54) is 13.2 Å². The minimum Gasteiger partial charge on any atom is -0.466 e. The Morgan fingerprint density at radius 1 is 1.05 bits per heavy atom. The topological polar surface area (TPSA) is 52.6 Å². The van der Waals surface area contributed by atoms with E-state index in [1.54, 1.807) is 30.3 Å². The van der Waals surface area contributed by atoms with Gasteiger partial charge in [-0.15, -0.1) is 0 Å². The summed E-state index contributed by atoms with van der Waals surface area (Å²) in [7, 11) is 1.31. The van der Waals surface area contributed by atoms with Crippen LogP contribution in [0.25, 0.3) is 6.08 Å². The molecule has 0 N–H and O–H groups in total. The van der Waals surface area contributed by atoms with E-state index in [1.807, 2.05) is 30.3 Å². The second kappa shape index (κ2) is 7.78. The molecular weight excluding hydrogens is 280 g/mol. The molecule has 0 atom stereocenters. The van der Waals surface area contributed by atoms with Crippen molar-refractivity contribution < 1.29 is 19.1 Å². The van der Waals surface area contributed by atoms with Gasteiger partial charge in [0.1, 0.15) is 6.61 Å². The maximum atomic E-state index is 12.0. The van der Waals surface area contributed by atoms with Gasteiger partial charge in [0.2, 0.25) is 0 Å². The molecule has 2 rings (SSSR count). The molecule has 0 aromatic heterocycles. The number of hydrogen-bond donors (Lipinski definition) is 0. The van der Waals surface area contributed by atoms with E-state index in [4.69, 9.17) is 4.74 Å². The maximum absolute atomic E-state index is 12.0. The Labute approximate surface area is 129 Å². The number of carbonyl (C=O) groups is 2. The van der Waals surface area contributed by atoms with Crippen LogP contribution in [0.5, 0.6) is 0 Å². The fourth-order valence-electron chi connectivity index (χ4n) is 1.81. The second-order valence-electron chi connectivity index (χ2n) is 4.54. The average molecular weight is 296 g/mol. The minimum atomic E-state index is -0.447.